The number of aromatic nitrogens is 5. The number of rotatable bonds is 5. The molecule has 4 heterocycles. The lowest BCUT2D eigenvalue weighted by Crippen LogP contribution is -2.17. The molecule has 1 aromatic carbocycles. The molecule has 0 bridgehead atoms. The first-order valence-electron chi connectivity index (χ1n) is 11.4. The molecule has 0 spiro atoms. The van der Waals surface area contributed by atoms with Crippen molar-refractivity contribution in [3.8, 4) is 23.3 Å². The van der Waals surface area contributed by atoms with Crippen LogP contribution in [-0.4, -0.2) is 44.7 Å². The summed E-state index contributed by atoms with van der Waals surface area (Å²) in [5, 5.41) is 14.4. The summed E-state index contributed by atoms with van der Waals surface area (Å²) in [4.78, 5) is 8.67. The topological polar surface area (TPSA) is 115 Å². The molecule has 0 atom stereocenters. The van der Waals surface area contributed by atoms with Gasteiger partial charge in [-0.15, -0.1) is 13.2 Å². The second-order valence-corrected chi connectivity index (χ2v) is 11.5. The van der Waals surface area contributed by atoms with Crippen LogP contribution in [0.2, 0.25) is 0 Å². The Bertz CT molecular complexity index is 1900. The van der Waals surface area contributed by atoms with Crippen molar-refractivity contribution in [2.45, 2.75) is 37.4 Å². The molecule has 5 aromatic rings. The molecule has 0 radical (unpaired) electrons. The SMILES string of the molecule is CCS(=O)(=O)c1c(-c2nc3cnc4c(OC(F)(F)F)cccc4c3n2C)nn2ccc(C(C)(C)C#N)cc12. The summed E-state index contributed by atoms with van der Waals surface area (Å²) in [7, 11) is -2.21. The van der Waals surface area contributed by atoms with Crippen LogP contribution in [0.25, 0.3) is 39.0 Å². The van der Waals surface area contributed by atoms with E-state index in [1.807, 2.05) is 0 Å². The first-order chi connectivity index (χ1) is 17.8. The number of nitrogens with zero attached hydrogens (tertiary/aromatic N) is 6. The van der Waals surface area contributed by atoms with E-state index in [0.717, 1.165) is 0 Å². The molecule has 0 saturated carbocycles. The van der Waals surface area contributed by atoms with Crippen molar-refractivity contribution < 1.29 is 26.3 Å². The van der Waals surface area contributed by atoms with E-state index in [9.17, 15) is 26.9 Å². The van der Waals surface area contributed by atoms with E-state index in [1.54, 1.807) is 49.9 Å². The van der Waals surface area contributed by atoms with Gasteiger partial charge in [0.15, 0.2) is 21.4 Å². The molecule has 0 amide bonds. The Morgan fingerprint density at radius 2 is 1.92 bits per heavy atom. The van der Waals surface area contributed by atoms with Crippen LogP contribution in [0.5, 0.6) is 5.75 Å². The van der Waals surface area contributed by atoms with Gasteiger partial charge in [0.25, 0.3) is 0 Å². The van der Waals surface area contributed by atoms with Crippen LogP contribution in [-0.2, 0) is 22.3 Å². The summed E-state index contributed by atoms with van der Waals surface area (Å²) in [6, 6.07) is 9.70. The molecule has 0 aliphatic carbocycles. The van der Waals surface area contributed by atoms with Gasteiger partial charge in [0.2, 0.25) is 0 Å². The Balaban J connectivity index is 1.82. The first-order valence-corrected chi connectivity index (χ1v) is 13.1. The maximum Gasteiger partial charge on any atom is 0.573 e. The van der Waals surface area contributed by atoms with Crippen molar-refractivity contribution in [3.05, 3.63) is 48.3 Å². The minimum atomic E-state index is -4.90. The van der Waals surface area contributed by atoms with E-state index >= 15 is 0 Å². The third-order valence-corrected chi connectivity index (χ3v) is 8.20. The molecule has 4 aromatic heterocycles. The van der Waals surface area contributed by atoms with Gasteiger partial charge in [-0.1, -0.05) is 19.1 Å². The van der Waals surface area contributed by atoms with Crippen LogP contribution in [0, 0.1) is 11.3 Å². The minimum Gasteiger partial charge on any atom is -0.403 e. The summed E-state index contributed by atoms with van der Waals surface area (Å²) in [5.74, 6) is -0.484. The van der Waals surface area contributed by atoms with Gasteiger partial charge in [-0.25, -0.2) is 22.9 Å². The number of aryl methyl sites for hydroxylation is 1. The molecule has 196 valence electrons. The Kier molecular flexibility index (Phi) is 5.64. The number of hydrogen-bond donors (Lipinski definition) is 0. The number of pyridine rings is 2. The van der Waals surface area contributed by atoms with E-state index < -0.39 is 27.4 Å². The number of nitriles is 1. The first kappa shape index (κ1) is 25.5. The highest BCUT2D eigenvalue weighted by Crippen LogP contribution is 2.37. The third-order valence-electron chi connectivity index (χ3n) is 6.41. The van der Waals surface area contributed by atoms with Gasteiger partial charge in [-0.2, -0.15) is 10.4 Å². The predicted octanol–water partition coefficient (Wildman–Crippen LogP) is 4.93. The number of halogens is 3. The normalized spacial score (nSPS) is 12.9. The molecule has 0 fully saturated rings. The highest BCUT2D eigenvalue weighted by molar-refractivity contribution is 7.91. The summed E-state index contributed by atoms with van der Waals surface area (Å²) in [6.45, 7) is 4.97. The summed E-state index contributed by atoms with van der Waals surface area (Å²) < 4.78 is 72.6. The number of imidazole rings is 1. The number of ether oxygens (including phenoxy) is 1. The van der Waals surface area contributed by atoms with Crippen LogP contribution >= 0.6 is 0 Å². The van der Waals surface area contributed by atoms with Crippen molar-refractivity contribution in [1.82, 2.24) is 24.1 Å². The maximum atomic E-state index is 13.3. The van der Waals surface area contributed by atoms with Gasteiger partial charge in [-0.3, -0.25) is 0 Å². The lowest BCUT2D eigenvalue weighted by molar-refractivity contribution is -0.274. The number of fused-ring (bicyclic) bond motifs is 4. The third kappa shape index (κ3) is 4.01. The summed E-state index contributed by atoms with van der Waals surface area (Å²) in [6.07, 6.45) is -2.01. The number of hydrogen-bond acceptors (Lipinski definition) is 7. The molecule has 0 saturated heterocycles. The number of para-hydroxylation sites is 1. The van der Waals surface area contributed by atoms with Crippen LogP contribution in [0.15, 0.2) is 47.6 Å². The molecule has 38 heavy (non-hydrogen) atoms. The lowest BCUT2D eigenvalue weighted by Gasteiger charge is -2.15. The molecule has 0 unspecified atom stereocenters. The fourth-order valence-electron chi connectivity index (χ4n) is 4.39. The smallest absolute Gasteiger partial charge is 0.403 e. The van der Waals surface area contributed by atoms with Gasteiger partial charge in [-0.05, 0) is 37.6 Å². The molecule has 0 N–H and O–H groups in total. The van der Waals surface area contributed by atoms with E-state index in [0.29, 0.717) is 27.5 Å². The van der Waals surface area contributed by atoms with Crippen molar-refractivity contribution in [2.24, 2.45) is 7.05 Å². The molecular weight excluding hydrogens is 521 g/mol. The molecule has 5 rings (SSSR count). The van der Waals surface area contributed by atoms with E-state index in [4.69, 9.17) is 0 Å². The second-order valence-electron chi connectivity index (χ2n) is 9.25. The quantitative estimate of drug-likeness (QED) is 0.309. The lowest BCUT2D eigenvalue weighted by atomic mass is 9.87. The average Bonchev–Trinajstić information content (AvgIpc) is 3.41. The monoisotopic (exact) mass is 542 g/mol. The van der Waals surface area contributed by atoms with Crippen molar-refractivity contribution in [1.29, 1.82) is 5.26 Å². The molecule has 0 aliphatic rings. The zero-order valence-electron chi connectivity index (χ0n) is 20.7. The highest BCUT2D eigenvalue weighted by atomic mass is 32.2. The average molecular weight is 543 g/mol. The van der Waals surface area contributed by atoms with Crippen molar-refractivity contribution in [2.75, 3.05) is 5.75 Å². The van der Waals surface area contributed by atoms with E-state index in [1.165, 1.54) is 29.8 Å². The number of alkyl halides is 3. The van der Waals surface area contributed by atoms with Gasteiger partial charge in [0, 0.05) is 18.6 Å². The Morgan fingerprint density at radius 3 is 2.58 bits per heavy atom. The van der Waals surface area contributed by atoms with Crippen LogP contribution in [0.4, 0.5) is 13.2 Å². The standard InChI is InChI=1S/C25H21F3N6O3S/c1-5-38(35,36)22-17-11-14(24(2,3)13-29)9-10-34(17)32-20(22)23-31-16-12-30-19-15(21(16)33(23)4)7-6-8-18(19)37-25(26,27)28/h6-12H,5H2,1-4H3. The van der Waals surface area contributed by atoms with Crippen LogP contribution in [0.1, 0.15) is 26.3 Å². The largest absolute Gasteiger partial charge is 0.573 e. The minimum absolute atomic E-state index is 0.0216. The predicted molar refractivity (Wildman–Crippen MR) is 133 cm³/mol. The zero-order valence-corrected chi connectivity index (χ0v) is 21.5. The van der Waals surface area contributed by atoms with Crippen molar-refractivity contribution >= 4 is 37.3 Å². The Labute approximate surface area is 215 Å². The molecule has 9 nitrogen and oxygen atoms in total. The van der Waals surface area contributed by atoms with Gasteiger partial charge < -0.3 is 9.30 Å². The van der Waals surface area contributed by atoms with Gasteiger partial charge in [0.05, 0.1) is 34.5 Å². The van der Waals surface area contributed by atoms with Crippen LogP contribution < -0.4 is 4.74 Å². The van der Waals surface area contributed by atoms with Crippen LogP contribution in [0.3, 0.4) is 0 Å². The molecule has 0 aliphatic heterocycles. The number of benzene rings is 1. The summed E-state index contributed by atoms with van der Waals surface area (Å²) >= 11 is 0. The highest BCUT2D eigenvalue weighted by Gasteiger charge is 2.33. The van der Waals surface area contributed by atoms with Gasteiger partial charge >= 0.3 is 6.36 Å². The molecule has 13 heteroatoms. The maximum absolute atomic E-state index is 13.3. The number of sulfone groups is 1. The second kappa shape index (κ2) is 8.42. The van der Waals surface area contributed by atoms with E-state index in [-0.39, 0.29) is 27.7 Å². The zero-order chi connectivity index (χ0) is 27.6. The summed E-state index contributed by atoms with van der Waals surface area (Å²) in [5.41, 5.74) is 0.851. The van der Waals surface area contributed by atoms with E-state index in [2.05, 4.69) is 25.9 Å². The van der Waals surface area contributed by atoms with Crippen molar-refractivity contribution in [3.63, 3.8) is 0 Å². The fraction of sp³-hybridized carbons (Fsp3) is 0.280. The Hall–Kier alpha value is -4.18. The fourth-order valence-corrected chi connectivity index (χ4v) is 5.58. The van der Waals surface area contributed by atoms with Gasteiger partial charge in [0.1, 0.15) is 21.6 Å². The molecular formula is C25H21F3N6O3S. The Morgan fingerprint density at radius 1 is 1.18 bits per heavy atom.